The molecule has 0 saturated carbocycles. The zero-order chi connectivity index (χ0) is 13.8. The molecule has 1 heterocycles. The lowest BCUT2D eigenvalue weighted by atomic mass is 10.1. The van der Waals surface area contributed by atoms with E-state index in [1.165, 1.54) is 5.56 Å². The lowest BCUT2D eigenvalue weighted by molar-refractivity contribution is -0.119. The lowest BCUT2D eigenvalue weighted by Crippen LogP contribution is -2.48. The second-order valence-electron chi connectivity index (χ2n) is 5.27. The van der Waals surface area contributed by atoms with Crippen molar-refractivity contribution in [2.45, 2.75) is 13.8 Å². The summed E-state index contributed by atoms with van der Waals surface area (Å²) < 4.78 is 0. The molecule has 104 valence electrons. The molecule has 1 saturated heterocycles. The van der Waals surface area contributed by atoms with E-state index in [-0.39, 0.29) is 5.91 Å². The molecule has 1 aromatic carbocycles. The predicted octanol–water partition coefficient (Wildman–Crippen LogP) is 1.17. The summed E-state index contributed by atoms with van der Waals surface area (Å²) in [5.74, 6) is 0.161. The number of nitrogens with one attached hydrogen (secondary N) is 1. The Morgan fingerprint density at radius 2 is 2.00 bits per heavy atom. The molecule has 4 heteroatoms. The summed E-state index contributed by atoms with van der Waals surface area (Å²) in [6, 6.07) is 6.20. The molecular weight excluding hydrogens is 238 g/mol. The summed E-state index contributed by atoms with van der Waals surface area (Å²) in [6.45, 7) is 8.47. The minimum Gasteiger partial charge on any atom is -0.314 e. The van der Waals surface area contributed by atoms with Gasteiger partial charge in [-0.3, -0.25) is 9.69 Å². The highest BCUT2D eigenvalue weighted by Crippen LogP contribution is 2.20. The monoisotopic (exact) mass is 261 g/mol. The van der Waals surface area contributed by atoms with Crippen LogP contribution in [-0.4, -0.2) is 50.6 Å². The Bertz CT molecular complexity index is 453. The average Bonchev–Trinajstić information content (AvgIpc) is 2.39. The smallest absolute Gasteiger partial charge is 0.240 e. The highest BCUT2D eigenvalue weighted by molar-refractivity contribution is 5.95. The lowest BCUT2D eigenvalue weighted by Gasteiger charge is -2.29. The average molecular weight is 261 g/mol. The molecule has 1 amide bonds. The van der Waals surface area contributed by atoms with Crippen LogP contribution in [0.4, 0.5) is 5.69 Å². The molecule has 0 aromatic heterocycles. The predicted molar refractivity (Wildman–Crippen MR) is 78.6 cm³/mol. The normalized spacial score (nSPS) is 16.4. The molecule has 1 aliphatic rings. The fraction of sp³-hybridized carbons (Fsp3) is 0.533. The van der Waals surface area contributed by atoms with E-state index >= 15 is 0 Å². The number of anilines is 1. The molecule has 2 rings (SSSR count). The van der Waals surface area contributed by atoms with Gasteiger partial charge in [-0.1, -0.05) is 17.7 Å². The van der Waals surface area contributed by atoms with Gasteiger partial charge in [0.15, 0.2) is 0 Å². The van der Waals surface area contributed by atoms with Crippen LogP contribution in [0.2, 0.25) is 0 Å². The topological polar surface area (TPSA) is 35.6 Å². The number of amides is 1. The highest BCUT2D eigenvalue weighted by atomic mass is 16.2. The molecule has 0 radical (unpaired) electrons. The van der Waals surface area contributed by atoms with Gasteiger partial charge in [0.05, 0.1) is 6.54 Å². The Labute approximate surface area is 115 Å². The number of carbonyl (C=O) groups excluding carboxylic acids is 1. The molecule has 0 bridgehead atoms. The number of carbonyl (C=O) groups is 1. The molecule has 1 aliphatic heterocycles. The molecule has 0 aliphatic carbocycles. The fourth-order valence-corrected chi connectivity index (χ4v) is 2.48. The van der Waals surface area contributed by atoms with Crippen molar-refractivity contribution < 1.29 is 4.79 Å². The van der Waals surface area contributed by atoms with Crippen LogP contribution in [0.25, 0.3) is 0 Å². The zero-order valence-corrected chi connectivity index (χ0v) is 12.1. The Kier molecular flexibility index (Phi) is 4.56. The van der Waals surface area contributed by atoms with Crippen molar-refractivity contribution in [2.24, 2.45) is 0 Å². The van der Waals surface area contributed by atoms with Gasteiger partial charge in [-0.05, 0) is 25.5 Å². The van der Waals surface area contributed by atoms with E-state index in [4.69, 9.17) is 0 Å². The van der Waals surface area contributed by atoms with Gasteiger partial charge in [-0.2, -0.15) is 0 Å². The summed E-state index contributed by atoms with van der Waals surface area (Å²) in [4.78, 5) is 16.3. The quantitative estimate of drug-likeness (QED) is 0.887. The maximum atomic E-state index is 12.3. The van der Waals surface area contributed by atoms with E-state index < -0.39 is 0 Å². The highest BCUT2D eigenvalue weighted by Gasteiger charge is 2.18. The molecule has 0 unspecified atom stereocenters. The van der Waals surface area contributed by atoms with E-state index in [2.05, 4.69) is 36.2 Å². The van der Waals surface area contributed by atoms with Crippen molar-refractivity contribution in [3.8, 4) is 0 Å². The number of likely N-dealkylation sites (N-methyl/N-ethyl adjacent to an activating group) is 1. The maximum absolute atomic E-state index is 12.3. The van der Waals surface area contributed by atoms with Gasteiger partial charge in [0.1, 0.15) is 0 Å². The molecule has 19 heavy (non-hydrogen) atoms. The van der Waals surface area contributed by atoms with Crippen molar-refractivity contribution in [1.29, 1.82) is 0 Å². The Balaban J connectivity index is 2.01. The molecule has 1 fully saturated rings. The number of rotatable bonds is 3. The summed E-state index contributed by atoms with van der Waals surface area (Å²) in [5.41, 5.74) is 3.38. The van der Waals surface area contributed by atoms with E-state index in [0.29, 0.717) is 6.54 Å². The first-order valence-electron chi connectivity index (χ1n) is 6.85. The number of hydrogen-bond donors (Lipinski definition) is 1. The number of nitrogens with zero attached hydrogens (tertiary/aromatic N) is 2. The third kappa shape index (κ3) is 3.55. The van der Waals surface area contributed by atoms with E-state index in [1.807, 2.05) is 13.1 Å². The van der Waals surface area contributed by atoms with Gasteiger partial charge in [-0.15, -0.1) is 0 Å². The van der Waals surface area contributed by atoms with E-state index in [0.717, 1.165) is 37.4 Å². The first-order valence-corrected chi connectivity index (χ1v) is 6.85. The van der Waals surface area contributed by atoms with Crippen molar-refractivity contribution >= 4 is 11.6 Å². The van der Waals surface area contributed by atoms with Crippen molar-refractivity contribution in [3.63, 3.8) is 0 Å². The Morgan fingerprint density at radius 3 is 2.63 bits per heavy atom. The van der Waals surface area contributed by atoms with Crippen LogP contribution in [-0.2, 0) is 4.79 Å². The van der Waals surface area contributed by atoms with Gasteiger partial charge in [0, 0.05) is 38.9 Å². The summed E-state index contributed by atoms with van der Waals surface area (Å²) in [6.07, 6.45) is 0. The van der Waals surface area contributed by atoms with Crippen LogP contribution in [0.3, 0.4) is 0 Å². The molecule has 1 N–H and O–H groups in total. The fourth-order valence-electron chi connectivity index (χ4n) is 2.48. The summed E-state index contributed by atoms with van der Waals surface area (Å²) in [5, 5.41) is 3.30. The van der Waals surface area contributed by atoms with Crippen LogP contribution >= 0.6 is 0 Å². The number of piperazine rings is 1. The Morgan fingerprint density at radius 1 is 1.32 bits per heavy atom. The molecular formula is C15H23N3O. The second kappa shape index (κ2) is 6.17. The molecule has 1 aromatic rings. The standard InChI is InChI=1S/C15H23N3O/c1-12-4-5-14(13(2)10-12)17(3)15(19)11-18-8-6-16-7-9-18/h4-5,10,16H,6-9,11H2,1-3H3. The minimum atomic E-state index is 0.161. The van der Waals surface area contributed by atoms with Gasteiger partial charge in [0.2, 0.25) is 5.91 Å². The number of aryl methyl sites for hydroxylation is 2. The number of benzene rings is 1. The van der Waals surface area contributed by atoms with Gasteiger partial charge < -0.3 is 10.2 Å². The zero-order valence-electron chi connectivity index (χ0n) is 12.1. The summed E-state index contributed by atoms with van der Waals surface area (Å²) >= 11 is 0. The molecule has 0 atom stereocenters. The largest absolute Gasteiger partial charge is 0.314 e. The first kappa shape index (κ1) is 14.0. The summed E-state index contributed by atoms with van der Waals surface area (Å²) in [7, 11) is 1.86. The minimum absolute atomic E-state index is 0.161. The van der Waals surface area contributed by atoms with Gasteiger partial charge in [0.25, 0.3) is 0 Å². The van der Waals surface area contributed by atoms with Crippen LogP contribution in [0.15, 0.2) is 18.2 Å². The van der Waals surface area contributed by atoms with Gasteiger partial charge in [-0.25, -0.2) is 0 Å². The third-order valence-electron chi connectivity index (χ3n) is 3.66. The van der Waals surface area contributed by atoms with Crippen LogP contribution in [0.5, 0.6) is 0 Å². The maximum Gasteiger partial charge on any atom is 0.240 e. The van der Waals surface area contributed by atoms with Crippen LogP contribution in [0, 0.1) is 13.8 Å². The SMILES string of the molecule is Cc1ccc(N(C)C(=O)CN2CCNCC2)c(C)c1. The van der Waals surface area contributed by atoms with Crippen molar-refractivity contribution in [3.05, 3.63) is 29.3 Å². The number of hydrogen-bond acceptors (Lipinski definition) is 3. The first-order chi connectivity index (χ1) is 9.08. The third-order valence-corrected chi connectivity index (χ3v) is 3.66. The van der Waals surface area contributed by atoms with Crippen molar-refractivity contribution in [2.75, 3.05) is 44.7 Å². The van der Waals surface area contributed by atoms with E-state index in [1.54, 1.807) is 4.90 Å². The van der Waals surface area contributed by atoms with Gasteiger partial charge >= 0.3 is 0 Å². The van der Waals surface area contributed by atoms with Crippen molar-refractivity contribution in [1.82, 2.24) is 10.2 Å². The molecule has 4 nitrogen and oxygen atoms in total. The second-order valence-corrected chi connectivity index (χ2v) is 5.27. The van der Waals surface area contributed by atoms with Crippen LogP contribution in [0.1, 0.15) is 11.1 Å². The molecule has 0 spiro atoms. The van der Waals surface area contributed by atoms with Crippen LogP contribution < -0.4 is 10.2 Å². The Hall–Kier alpha value is -1.39. The van der Waals surface area contributed by atoms with E-state index in [9.17, 15) is 4.79 Å².